The summed E-state index contributed by atoms with van der Waals surface area (Å²) in [5, 5.41) is 13.8. The van der Waals surface area contributed by atoms with Crippen LogP contribution in [0, 0.1) is 11.8 Å². The number of hydrogen-bond donors (Lipinski definition) is 2. The van der Waals surface area contributed by atoms with E-state index in [1.165, 1.54) is 45.2 Å². The van der Waals surface area contributed by atoms with Gasteiger partial charge in [0.2, 0.25) is 0 Å². The number of nitrogens with one attached hydrogen (secondary N) is 1. The Labute approximate surface area is 131 Å². The van der Waals surface area contributed by atoms with Gasteiger partial charge in [-0.25, -0.2) is 0 Å². The van der Waals surface area contributed by atoms with Gasteiger partial charge in [-0.3, -0.25) is 0 Å². The Balaban J connectivity index is 1.89. The Morgan fingerprint density at radius 1 is 1.19 bits per heavy atom. The minimum Gasteiger partial charge on any atom is -0.394 e. The lowest BCUT2D eigenvalue weighted by molar-refractivity contribution is 0.102. The average molecular weight is 296 g/mol. The summed E-state index contributed by atoms with van der Waals surface area (Å²) in [6.07, 6.45) is 7.56. The van der Waals surface area contributed by atoms with Crippen LogP contribution >= 0.6 is 0 Å². The Kier molecular flexibility index (Phi) is 6.10. The van der Waals surface area contributed by atoms with Crippen molar-refractivity contribution in [1.29, 1.82) is 0 Å². The highest BCUT2D eigenvalue weighted by Crippen LogP contribution is 2.40. The van der Waals surface area contributed by atoms with Gasteiger partial charge in [-0.15, -0.1) is 0 Å². The summed E-state index contributed by atoms with van der Waals surface area (Å²) >= 11 is 0. The van der Waals surface area contributed by atoms with Crippen LogP contribution in [0.15, 0.2) is 0 Å². The first-order valence-electron chi connectivity index (χ1n) is 9.09. The summed E-state index contributed by atoms with van der Waals surface area (Å²) in [5.74, 6) is 1.37. The van der Waals surface area contributed by atoms with E-state index in [4.69, 9.17) is 0 Å². The third-order valence-electron chi connectivity index (χ3n) is 5.40. The fourth-order valence-corrected chi connectivity index (χ4v) is 3.99. The maximum absolute atomic E-state index is 10.0. The quantitative estimate of drug-likeness (QED) is 0.686. The minimum absolute atomic E-state index is 0.0294. The molecule has 0 bridgehead atoms. The molecule has 2 aliphatic carbocycles. The van der Waals surface area contributed by atoms with Crippen molar-refractivity contribution in [3.63, 3.8) is 0 Å². The monoisotopic (exact) mass is 296 g/mol. The fraction of sp³-hybridized carbons (Fsp3) is 1.00. The number of aliphatic hydroxyl groups is 1. The lowest BCUT2D eigenvalue weighted by atomic mass is 9.84. The molecule has 2 saturated carbocycles. The number of aliphatic hydroxyl groups excluding tert-OH is 1. The molecule has 3 nitrogen and oxygen atoms in total. The van der Waals surface area contributed by atoms with Gasteiger partial charge in [-0.2, -0.15) is 0 Å². The second-order valence-corrected chi connectivity index (χ2v) is 8.09. The normalized spacial score (nSPS) is 30.0. The van der Waals surface area contributed by atoms with Gasteiger partial charge in [0.1, 0.15) is 0 Å². The van der Waals surface area contributed by atoms with Crippen molar-refractivity contribution >= 4 is 0 Å². The minimum atomic E-state index is 0.0294. The molecule has 0 aliphatic heterocycles. The molecule has 3 heteroatoms. The van der Waals surface area contributed by atoms with Crippen molar-refractivity contribution in [2.45, 2.75) is 83.8 Å². The Morgan fingerprint density at radius 3 is 2.43 bits per heavy atom. The second-order valence-electron chi connectivity index (χ2n) is 8.09. The number of hydrogen-bond acceptors (Lipinski definition) is 3. The summed E-state index contributed by atoms with van der Waals surface area (Å²) in [5.41, 5.74) is 0.0294. The predicted molar refractivity (Wildman–Crippen MR) is 89.5 cm³/mol. The van der Waals surface area contributed by atoms with E-state index in [0.717, 1.165) is 12.3 Å². The molecule has 0 radical (unpaired) electrons. The number of rotatable bonds is 9. The Bertz CT molecular complexity index is 314. The molecule has 2 rings (SSSR count). The van der Waals surface area contributed by atoms with E-state index < -0.39 is 0 Å². The van der Waals surface area contributed by atoms with Crippen LogP contribution in [0.4, 0.5) is 0 Å². The van der Waals surface area contributed by atoms with Crippen LogP contribution in [-0.2, 0) is 0 Å². The van der Waals surface area contributed by atoms with Crippen molar-refractivity contribution in [1.82, 2.24) is 10.2 Å². The molecular weight excluding hydrogens is 260 g/mol. The van der Waals surface area contributed by atoms with Gasteiger partial charge < -0.3 is 15.3 Å². The fourth-order valence-electron chi connectivity index (χ4n) is 3.99. The van der Waals surface area contributed by atoms with Crippen LogP contribution in [0.2, 0.25) is 0 Å². The SMILES string of the molecule is CC(C)CN(CCC1CCCC1(CO)NC1CC1)C(C)C. The maximum atomic E-state index is 10.0. The highest BCUT2D eigenvalue weighted by molar-refractivity contribution is 5.03. The summed E-state index contributed by atoms with van der Waals surface area (Å²) in [7, 11) is 0. The van der Waals surface area contributed by atoms with E-state index >= 15 is 0 Å². The van der Waals surface area contributed by atoms with Crippen molar-refractivity contribution < 1.29 is 5.11 Å². The van der Waals surface area contributed by atoms with Gasteiger partial charge in [0.25, 0.3) is 0 Å². The lowest BCUT2D eigenvalue weighted by Crippen LogP contribution is -2.53. The predicted octanol–water partition coefficient (Wildman–Crippen LogP) is 3.03. The number of nitrogens with zero attached hydrogens (tertiary/aromatic N) is 1. The van der Waals surface area contributed by atoms with Crippen LogP contribution in [0.1, 0.15) is 66.2 Å². The molecule has 2 fully saturated rings. The topological polar surface area (TPSA) is 35.5 Å². The van der Waals surface area contributed by atoms with Crippen LogP contribution in [0.25, 0.3) is 0 Å². The molecule has 0 amide bonds. The van der Waals surface area contributed by atoms with Crippen LogP contribution in [0.5, 0.6) is 0 Å². The smallest absolute Gasteiger partial charge is 0.0616 e. The molecule has 2 N–H and O–H groups in total. The maximum Gasteiger partial charge on any atom is 0.0616 e. The van der Waals surface area contributed by atoms with Crippen LogP contribution in [-0.4, -0.2) is 47.3 Å². The molecular formula is C18H36N2O. The third-order valence-corrected chi connectivity index (χ3v) is 5.40. The zero-order chi connectivity index (χ0) is 15.5. The van der Waals surface area contributed by atoms with Gasteiger partial charge >= 0.3 is 0 Å². The van der Waals surface area contributed by atoms with Crippen molar-refractivity contribution in [3.8, 4) is 0 Å². The summed E-state index contributed by atoms with van der Waals surface area (Å²) in [6, 6.07) is 1.31. The summed E-state index contributed by atoms with van der Waals surface area (Å²) < 4.78 is 0. The second kappa shape index (κ2) is 7.43. The summed E-state index contributed by atoms with van der Waals surface area (Å²) in [6.45, 7) is 11.9. The van der Waals surface area contributed by atoms with Crippen molar-refractivity contribution in [2.24, 2.45) is 11.8 Å². The molecule has 0 aromatic carbocycles. The van der Waals surface area contributed by atoms with E-state index in [9.17, 15) is 5.11 Å². The van der Waals surface area contributed by atoms with Crippen molar-refractivity contribution in [2.75, 3.05) is 19.7 Å². The first-order valence-corrected chi connectivity index (χ1v) is 9.09. The highest BCUT2D eigenvalue weighted by Gasteiger charge is 2.44. The summed E-state index contributed by atoms with van der Waals surface area (Å²) in [4.78, 5) is 2.61. The molecule has 0 aromatic heterocycles. The average Bonchev–Trinajstić information content (AvgIpc) is 3.14. The zero-order valence-corrected chi connectivity index (χ0v) is 14.6. The van der Waals surface area contributed by atoms with E-state index in [1.54, 1.807) is 0 Å². The van der Waals surface area contributed by atoms with E-state index in [0.29, 0.717) is 24.6 Å². The van der Waals surface area contributed by atoms with E-state index in [1.807, 2.05) is 0 Å². The van der Waals surface area contributed by atoms with Gasteiger partial charge in [0.15, 0.2) is 0 Å². The molecule has 0 heterocycles. The van der Waals surface area contributed by atoms with Gasteiger partial charge in [0, 0.05) is 24.2 Å². The zero-order valence-electron chi connectivity index (χ0n) is 14.6. The Hall–Kier alpha value is -0.120. The molecule has 2 atom stereocenters. The van der Waals surface area contributed by atoms with Gasteiger partial charge in [-0.05, 0) is 64.3 Å². The molecule has 21 heavy (non-hydrogen) atoms. The first-order chi connectivity index (χ1) is 9.97. The lowest BCUT2D eigenvalue weighted by Gasteiger charge is -2.37. The molecule has 2 unspecified atom stereocenters. The third kappa shape index (κ3) is 4.67. The van der Waals surface area contributed by atoms with E-state index in [2.05, 4.69) is 37.9 Å². The molecule has 124 valence electrons. The standard InChI is InChI=1S/C18H36N2O/c1-14(2)12-20(15(3)4)11-9-16-6-5-10-18(16,13-21)19-17-7-8-17/h14-17,19,21H,5-13H2,1-4H3. The molecule has 0 saturated heterocycles. The first kappa shape index (κ1) is 17.2. The van der Waals surface area contributed by atoms with Crippen molar-refractivity contribution in [3.05, 3.63) is 0 Å². The highest BCUT2D eigenvalue weighted by atomic mass is 16.3. The molecule has 0 spiro atoms. The molecule has 2 aliphatic rings. The van der Waals surface area contributed by atoms with E-state index in [-0.39, 0.29) is 5.54 Å². The largest absolute Gasteiger partial charge is 0.394 e. The van der Waals surface area contributed by atoms with Crippen LogP contribution < -0.4 is 5.32 Å². The molecule has 0 aromatic rings. The van der Waals surface area contributed by atoms with Gasteiger partial charge in [-0.1, -0.05) is 20.3 Å². The van der Waals surface area contributed by atoms with Crippen LogP contribution in [0.3, 0.4) is 0 Å². The Morgan fingerprint density at radius 2 is 1.90 bits per heavy atom. The van der Waals surface area contributed by atoms with Gasteiger partial charge in [0.05, 0.1) is 6.61 Å².